The molecule has 2 unspecified atom stereocenters. The Bertz CT molecular complexity index is 1440. The molecule has 0 aliphatic heterocycles. The van der Waals surface area contributed by atoms with Gasteiger partial charge in [-0.2, -0.15) is 0 Å². The van der Waals surface area contributed by atoms with Crippen molar-refractivity contribution in [1.29, 1.82) is 0 Å². The second-order valence-corrected chi connectivity index (χ2v) is 10.4. The van der Waals surface area contributed by atoms with Gasteiger partial charge in [0.25, 0.3) is 11.8 Å². The smallest absolute Gasteiger partial charge is 0.408 e. The molecule has 0 fully saturated rings. The molecule has 9 nitrogen and oxygen atoms in total. The van der Waals surface area contributed by atoms with Gasteiger partial charge >= 0.3 is 6.09 Å². The van der Waals surface area contributed by atoms with Crippen LogP contribution >= 0.6 is 0 Å². The summed E-state index contributed by atoms with van der Waals surface area (Å²) in [6.07, 6.45) is 4.59. The number of aryl methyl sites for hydroxylation is 1. The molecule has 3 rings (SSSR count). The van der Waals surface area contributed by atoms with Crippen LogP contribution in [0.3, 0.4) is 0 Å². The van der Waals surface area contributed by atoms with Gasteiger partial charge in [-0.3, -0.25) is 19.3 Å². The first-order valence-electron chi connectivity index (χ1n) is 12.8. The van der Waals surface area contributed by atoms with Gasteiger partial charge in [0.05, 0.1) is 0 Å². The highest BCUT2D eigenvalue weighted by molar-refractivity contribution is 6.01. The molecule has 3 aromatic rings. The molecule has 0 spiro atoms. The molecule has 9 heteroatoms. The highest BCUT2D eigenvalue weighted by atomic mass is 16.6. The number of ether oxygens (including phenoxy) is 1. The van der Waals surface area contributed by atoms with E-state index in [0.29, 0.717) is 11.3 Å². The predicted octanol–water partition coefficient (Wildman–Crippen LogP) is 4.41. The average Bonchev–Trinajstić information content (AvgIpc) is 2.88. The number of primary amides is 1. The van der Waals surface area contributed by atoms with E-state index < -0.39 is 41.5 Å². The molecular formula is C31H34N4O5. The fourth-order valence-electron chi connectivity index (χ4n) is 4.07. The summed E-state index contributed by atoms with van der Waals surface area (Å²) >= 11 is 0. The number of benzene rings is 3. The van der Waals surface area contributed by atoms with Crippen LogP contribution in [-0.2, 0) is 19.1 Å². The third-order valence-corrected chi connectivity index (χ3v) is 5.96. The molecule has 0 bridgehead atoms. The van der Waals surface area contributed by atoms with Crippen LogP contribution in [0.2, 0.25) is 0 Å². The number of anilines is 1. The first-order chi connectivity index (χ1) is 18.9. The number of carbonyl (C=O) groups is 4. The quantitative estimate of drug-likeness (QED) is 0.272. The fourth-order valence-corrected chi connectivity index (χ4v) is 4.07. The molecule has 0 saturated heterocycles. The molecule has 3 aromatic carbocycles. The zero-order chi connectivity index (χ0) is 29.4. The van der Waals surface area contributed by atoms with Crippen molar-refractivity contribution in [2.75, 3.05) is 5.32 Å². The lowest BCUT2D eigenvalue weighted by molar-refractivity contribution is -0.137. The predicted molar refractivity (Wildman–Crippen MR) is 154 cm³/mol. The minimum Gasteiger partial charge on any atom is -0.444 e. The van der Waals surface area contributed by atoms with Crippen molar-refractivity contribution in [2.45, 2.75) is 58.2 Å². The minimum absolute atomic E-state index is 0.140. The molecule has 2 atom stereocenters. The number of alkyl carbamates (subject to hydrolysis) is 1. The van der Waals surface area contributed by atoms with Crippen molar-refractivity contribution in [3.8, 4) is 12.5 Å². The number of amides is 4. The number of fused-ring (bicyclic) bond motifs is 1. The minimum atomic E-state index is -1.28. The SMILES string of the molecule is C#CN(C(=O)C(CCC(N)=O)NC(=O)OC(C)(C)C)C(C(=O)Nc1ccc2ccccc2c1)c1ccc(C)cc1. The third kappa shape index (κ3) is 8.08. The highest BCUT2D eigenvalue weighted by Crippen LogP contribution is 2.26. The topological polar surface area (TPSA) is 131 Å². The summed E-state index contributed by atoms with van der Waals surface area (Å²) in [7, 11) is 0. The molecule has 208 valence electrons. The maximum absolute atomic E-state index is 13.8. The van der Waals surface area contributed by atoms with Crippen LogP contribution in [0.1, 0.15) is 50.8 Å². The van der Waals surface area contributed by atoms with E-state index in [1.807, 2.05) is 43.3 Å². The number of terminal acetylenes is 1. The number of hydrogen-bond donors (Lipinski definition) is 3. The summed E-state index contributed by atoms with van der Waals surface area (Å²) in [6, 6.07) is 19.9. The normalized spacial score (nSPS) is 12.5. The summed E-state index contributed by atoms with van der Waals surface area (Å²) in [4.78, 5) is 52.5. The Morgan fingerprint density at radius 1 is 1.00 bits per heavy atom. The van der Waals surface area contributed by atoms with E-state index in [0.717, 1.165) is 21.2 Å². The van der Waals surface area contributed by atoms with Gasteiger partial charge in [0.15, 0.2) is 0 Å². The van der Waals surface area contributed by atoms with Crippen molar-refractivity contribution in [3.05, 3.63) is 77.9 Å². The molecule has 0 radical (unpaired) electrons. The maximum atomic E-state index is 13.8. The van der Waals surface area contributed by atoms with Crippen molar-refractivity contribution in [3.63, 3.8) is 0 Å². The fraction of sp³-hybridized carbons (Fsp3) is 0.290. The van der Waals surface area contributed by atoms with Gasteiger partial charge < -0.3 is 21.1 Å². The van der Waals surface area contributed by atoms with Crippen molar-refractivity contribution in [1.82, 2.24) is 10.2 Å². The Morgan fingerprint density at radius 2 is 1.65 bits per heavy atom. The summed E-state index contributed by atoms with van der Waals surface area (Å²) in [5.74, 6) is -2.00. The lowest BCUT2D eigenvalue weighted by Gasteiger charge is -2.30. The first kappa shape index (κ1) is 29.7. The average molecular weight is 543 g/mol. The number of nitrogens with two attached hydrogens (primary N) is 1. The lowest BCUT2D eigenvalue weighted by Crippen LogP contribution is -2.51. The van der Waals surface area contributed by atoms with E-state index in [1.165, 1.54) is 0 Å². The van der Waals surface area contributed by atoms with Crippen LogP contribution in [0, 0.1) is 19.4 Å². The first-order valence-corrected chi connectivity index (χ1v) is 12.8. The summed E-state index contributed by atoms with van der Waals surface area (Å²) in [5.41, 5.74) is 6.39. The van der Waals surface area contributed by atoms with Gasteiger partial charge in [0.2, 0.25) is 5.91 Å². The molecule has 4 N–H and O–H groups in total. The molecular weight excluding hydrogens is 508 g/mol. The second-order valence-electron chi connectivity index (χ2n) is 10.4. The molecule has 0 saturated carbocycles. The van der Waals surface area contributed by atoms with E-state index in [2.05, 4.69) is 16.7 Å². The Kier molecular flexibility index (Phi) is 9.51. The van der Waals surface area contributed by atoms with Crippen LogP contribution in [-0.4, -0.2) is 40.4 Å². The van der Waals surface area contributed by atoms with Crippen LogP contribution < -0.4 is 16.4 Å². The number of nitrogens with one attached hydrogen (secondary N) is 2. The Hall–Kier alpha value is -4.84. The maximum Gasteiger partial charge on any atom is 0.408 e. The van der Waals surface area contributed by atoms with Gasteiger partial charge in [0, 0.05) is 18.2 Å². The zero-order valence-corrected chi connectivity index (χ0v) is 23.1. The standard InChI is InChI=1S/C31H34N4O5/c1-6-35(29(38)25(17-18-26(32)36)34-30(39)40-31(3,4)5)27(22-13-11-20(2)12-14-22)28(37)33-24-16-15-21-9-7-8-10-23(21)19-24/h1,7-16,19,25,27H,17-18H2,2-5H3,(H2,32,36)(H,33,37)(H,34,39). The van der Waals surface area contributed by atoms with Crippen molar-refractivity contribution >= 4 is 40.3 Å². The van der Waals surface area contributed by atoms with E-state index in [-0.39, 0.29) is 12.8 Å². The molecule has 0 aliphatic carbocycles. The number of nitrogens with zero attached hydrogens (tertiary/aromatic N) is 1. The number of carbonyl (C=O) groups excluding carboxylic acids is 4. The molecule has 40 heavy (non-hydrogen) atoms. The van der Waals surface area contributed by atoms with Crippen molar-refractivity contribution in [2.24, 2.45) is 5.73 Å². The summed E-state index contributed by atoms with van der Waals surface area (Å²) in [5, 5.41) is 7.27. The van der Waals surface area contributed by atoms with Crippen molar-refractivity contribution < 1.29 is 23.9 Å². The molecule has 0 aliphatic rings. The largest absolute Gasteiger partial charge is 0.444 e. The Morgan fingerprint density at radius 3 is 2.25 bits per heavy atom. The van der Waals surface area contributed by atoms with Gasteiger partial charge in [-0.15, -0.1) is 0 Å². The summed E-state index contributed by atoms with van der Waals surface area (Å²) in [6.45, 7) is 6.91. The molecule has 0 heterocycles. The number of hydrogen-bond acceptors (Lipinski definition) is 5. The van der Waals surface area contributed by atoms with Crippen LogP contribution in [0.15, 0.2) is 66.7 Å². The molecule has 0 aromatic heterocycles. The van der Waals surface area contributed by atoms with Crippen LogP contribution in [0.5, 0.6) is 0 Å². The van der Waals surface area contributed by atoms with E-state index in [4.69, 9.17) is 16.9 Å². The van der Waals surface area contributed by atoms with E-state index >= 15 is 0 Å². The second kappa shape index (κ2) is 12.8. The molecule has 4 amide bonds. The van der Waals surface area contributed by atoms with E-state index in [9.17, 15) is 19.2 Å². The monoisotopic (exact) mass is 542 g/mol. The lowest BCUT2D eigenvalue weighted by atomic mass is 10.0. The Balaban J connectivity index is 1.97. The van der Waals surface area contributed by atoms with Gasteiger partial charge in [0.1, 0.15) is 17.7 Å². The van der Waals surface area contributed by atoms with E-state index in [1.54, 1.807) is 51.1 Å². The van der Waals surface area contributed by atoms with Gasteiger partial charge in [-0.25, -0.2) is 4.79 Å². The highest BCUT2D eigenvalue weighted by Gasteiger charge is 2.36. The van der Waals surface area contributed by atoms with Gasteiger partial charge in [-0.05, 0) is 62.6 Å². The third-order valence-electron chi connectivity index (χ3n) is 5.96. The zero-order valence-electron chi connectivity index (χ0n) is 23.1. The number of rotatable bonds is 9. The van der Waals surface area contributed by atoms with Crippen LogP contribution in [0.4, 0.5) is 10.5 Å². The summed E-state index contributed by atoms with van der Waals surface area (Å²) < 4.78 is 5.29. The van der Waals surface area contributed by atoms with Gasteiger partial charge in [-0.1, -0.05) is 66.6 Å². The van der Waals surface area contributed by atoms with Crippen LogP contribution in [0.25, 0.3) is 10.8 Å². The Labute approximate surface area is 234 Å².